The van der Waals surface area contributed by atoms with E-state index in [2.05, 4.69) is 9.97 Å². The van der Waals surface area contributed by atoms with Crippen molar-refractivity contribution in [3.63, 3.8) is 0 Å². The molecule has 6 heteroatoms. The fourth-order valence-corrected chi connectivity index (χ4v) is 1.84. The van der Waals surface area contributed by atoms with E-state index in [4.69, 9.17) is 10.2 Å². The van der Waals surface area contributed by atoms with Gasteiger partial charge in [0.15, 0.2) is 5.92 Å². The van der Waals surface area contributed by atoms with Crippen LogP contribution in [-0.2, 0) is 16.0 Å². The van der Waals surface area contributed by atoms with Crippen molar-refractivity contribution in [1.82, 2.24) is 9.97 Å². The number of rotatable bonds is 5. The monoisotopic (exact) mass is 272 g/mol. The van der Waals surface area contributed by atoms with Gasteiger partial charge < -0.3 is 10.2 Å². The lowest BCUT2D eigenvalue weighted by Gasteiger charge is -2.11. The minimum atomic E-state index is -1.50. The van der Waals surface area contributed by atoms with Crippen molar-refractivity contribution in [2.75, 3.05) is 0 Å². The van der Waals surface area contributed by atoms with Gasteiger partial charge in [0.2, 0.25) is 0 Å². The van der Waals surface area contributed by atoms with E-state index in [0.717, 1.165) is 0 Å². The minimum Gasteiger partial charge on any atom is -0.481 e. The lowest BCUT2D eigenvalue weighted by molar-refractivity contribution is -0.154. The molecule has 2 N–H and O–H groups in total. The van der Waals surface area contributed by atoms with Crippen molar-refractivity contribution >= 4 is 11.9 Å². The van der Waals surface area contributed by atoms with Crippen LogP contribution in [0.5, 0.6) is 0 Å². The number of hydrogen-bond acceptors (Lipinski definition) is 4. The average Bonchev–Trinajstić information content (AvgIpc) is 2.45. The number of carboxylic acid groups (broad SMARTS) is 2. The van der Waals surface area contributed by atoms with E-state index >= 15 is 0 Å². The number of carboxylic acids is 2. The molecule has 0 aromatic carbocycles. The summed E-state index contributed by atoms with van der Waals surface area (Å²) in [6, 6.07) is 8.58. The van der Waals surface area contributed by atoms with Gasteiger partial charge in [0.25, 0.3) is 0 Å². The molecule has 6 nitrogen and oxygen atoms in total. The Labute approximate surface area is 114 Å². The first-order chi connectivity index (χ1) is 9.59. The second kappa shape index (κ2) is 5.92. The molecule has 0 atom stereocenters. The van der Waals surface area contributed by atoms with Crippen molar-refractivity contribution in [2.24, 2.45) is 5.92 Å². The van der Waals surface area contributed by atoms with Crippen LogP contribution in [0, 0.1) is 5.92 Å². The zero-order chi connectivity index (χ0) is 14.5. The highest BCUT2D eigenvalue weighted by atomic mass is 16.4. The molecule has 2 aromatic rings. The fraction of sp³-hybridized carbons (Fsp3) is 0.143. The standard InChI is InChI=1S/C14H12N2O4/c17-13(18)10(14(19)20)8-9-4-3-7-16-12(9)11-5-1-2-6-15-11/h1-7,10H,8H2,(H,17,18)(H,19,20). The van der Waals surface area contributed by atoms with Gasteiger partial charge in [-0.1, -0.05) is 12.1 Å². The fourth-order valence-electron chi connectivity index (χ4n) is 1.84. The molecule has 0 bridgehead atoms. The van der Waals surface area contributed by atoms with Crippen molar-refractivity contribution in [3.05, 3.63) is 48.3 Å². The number of nitrogens with zero attached hydrogens (tertiary/aromatic N) is 2. The SMILES string of the molecule is O=C(O)C(Cc1cccnc1-c1ccccn1)C(=O)O. The van der Waals surface area contributed by atoms with Crippen LogP contribution in [0.25, 0.3) is 11.4 Å². The van der Waals surface area contributed by atoms with Crippen LogP contribution in [0.2, 0.25) is 0 Å². The number of aliphatic carboxylic acids is 2. The lowest BCUT2D eigenvalue weighted by Crippen LogP contribution is -2.25. The van der Waals surface area contributed by atoms with Crippen LogP contribution in [0.4, 0.5) is 0 Å². The van der Waals surface area contributed by atoms with Crippen molar-refractivity contribution in [2.45, 2.75) is 6.42 Å². The summed E-state index contributed by atoms with van der Waals surface area (Å²) < 4.78 is 0. The Balaban J connectivity index is 2.38. The van der Waals surface area contributed by atoms with E-state index in [-0.39, 0.29) is 6.42 Å². The normalized spacial score (nSPS) is 10.4. The molecule has 0 fully saturated rings. The maximum atomic E-state index is 11.0. The molecular weight excluding hydrogens is 260 g/mol. The van der Waals surface area contributed by atoms with Gasteiger partial charge >= 0.3 is 11.9 Å². The summed E-state index contributed by atoms with van der Waals surface area (Å²) in [6.07, 6.45) is 3.02. The van der Waals surface area contributed by atoms with Crippen molar-refractivity contribution < 1.29 is 19.8 Å². The summed E-state index contributed by atoms with van der Waals surface area (Å²) in [6.45, 7) is 0. The quantitative estimate of drug-likeness (QED) is 0.799. The van der Waals surface area contributed by atoms with E-state index in [0.29, 0.717) is 17.0 Å². The smallest absolute Gasteiger partial charge is 0.318 e. The predicted octanol–water partition coefficient (Wildman–Crippen LogP) is 1.47. The average molecular weight is 272 g/mol. The maximum absolute atomic E-state index is 11.0. The summed E-state index contributed by atoms with van der Waals surface area (Å²) in [5.74, 6) is -4.23. The molecule has 20 heavy (non-hydrogen) atoms. The molecule has 0 saturated carbocycles. The molecule has 0 aliphatic carbocycles. The zero-order valence-electron chi connectivity index (χ0n) is 10.4. The Morgan fingerprint density at radius 2 is 1.70 bits per heavy atom. The highest BCUT2D eigenvalue weighted by Gasteiger charge is 2.27. The third-order valence-corrected chi connectivity index (χ3v) is 2.82. The Kier molecular flexibility index (Phi) is 4.05. The van der Waals surface area contributed by atoms with Gasteiger partial charge in [-0.25, -0.2) is 0 Å². The van der Waals surface area contributed by atoms with Gasteiger partial charge in [-0.3, -0.25) is 19.6 Å². The number of aromatic nitrogens is 2. The largest absolute Gasteiger partial charge is 0.481 e. The van der Waals surface area contributed by atoms with E-state index in [9.17, 15) is 9.59 Å². The molecule has 0 unspecified atom stereocenters. The Hall–Kier alpha value is -2.76. The molecule has 0 aliphatic heterocycles. The third-order valence-electron chi connectivity index (χ3n) is 2.82. The molecule has 0 amide bonds. The summed E-state index contributed by atoms with van der Waals surface area (Å²) in [4.78, 5) is 30.3. The van der Waals surface area contributed by atoms with Crippen molar-refractivity contribution in [3.8, 4) is 11.4 Å². The Morgan fingerprint density at radius 1 is 1.00 bits per heavy atom. The van der Waals surface area contributed by atoms with Gasteiger partial charge in [-0.05, 0) is 30.2 Å². The summed E-state index contributed by atoms with van der Waals surface area (Å²) in [5.41, 5.74) is 1.62. The van der Waals surface area contributed by atoms with E-state index in [1.807, 2.05) is 0 Å². The molecule has 2 rings (SSSR count). The van der Waals surface area contributed by atoms with E-state index in [1.54, 1.807) is 42.7 Å². The lowest BCUT2D eigenvalue weighted by atomic mass is 9.97. The predicted molar refractivity (Wildman–Crippen MR) is 69.9 cm³/mol. The molecule has 0 spiro atoms. The summed E-state index contributed by atoms with van der Waals surface area (Å²) >= 11 is 0. The first-order valence-electron chi connectivity index (χ1n) is 5.90. The molecular formula is C14H12N2O4. The first kappa shape index (κ1) is 13.7. The molecule has 2 heterocycles. The third kappa shape index (κ3) is 2.97. The minimum absolute atomic E-state index is 0.135. The summed E-state index contributed by atoms with van der Waals surface area (Å²) in [7, 11) is 0. The molecule has 2 aromatic heterocycles. The molecule has 0 aliphatic rings. The second-order valence-corrected chi connectivity index (χ2v) is 4.16. The first-order valence-corrected chi connectivity index (χ1v) is 5.90. The van der Waals surface area contributed by atoms with E-state index < -0.39 is 17.9 Å². The maximum Gasteiger partial charge on any atom is 0.318 e. The highest BCUT2D eigenvalue weighted by molar-refractivity contribution is 5.93. The van der Waals surface area contributed by atoms with Gasteiger partial charge in [0.1, 0.15) is 0 Å². The zero-order valence-corrected chi connectivity index (χ0v) is 10.4. The van der Waals surface area contributed by atoms with Crippen LogP contribution >= 0.6 is 0 Å². The topological polar surface area (TPSA) is 100 Å². The second-order valence-electron chi connectivity index (χ2n) is 4.16. The van der Waals surface area contributed by atoms with Crippen LogP contribution in [0.1, 0.15) is 5.56 Å². The number of hydrogen-bond donors (Lipinski definition) is 2. The van der Waals surface area contributed by atoms with Gasteiger partial charge in [0.05, 0.1) is 11.4 Å². The number of carbonyl (C=O) groups is 2. The van der Waals surface area contributed by atoms with Gasteiger partial charge in [-0.15, -0.1) is 0 Å². The Bertz CT molecular complexity index is 614. The summed E-state index contributed by atoms with van der Waals surface area (Å²) in [5, 5.41) is 17.9. The van der Waals surface area contributed by atoms with E-state index in [1.165, 1.54) is 0 Å². The number of pyridine rings is 2. The van der Waals surface area contributed by atoms with Gasteiger partial charge in [0, 0.05) is 12.4 Å². The van der Waals surface area contributed by atoms with Crippen LogP contribution in [0.3, 0.4) is 0 Å². The Morgan fingerprint density at radius 3 is 2.30 bits per heavy atom. The van der Waals surface area contributed by atoms with Crippen LogP contribution < -0.4 is 0 Å². The van der Waals surface area contributed by atoms with Crippen molar-refractivity contribution in [1.29, 1.82) is 0 Å². The van der Waals surface area contributed by atoms with Crippen LogP contribution in [-0.4, -0.2) is 32.1 Å². The molecule has 102 valence electrons. The van der Waals surface area contributed by atoms with Gasteiger partial charge in [-0.2, -0.15) is 0 Å². The molecule has 0 radical (unpaired) electrons. The van der Waals surface area contributed by atoms with Crippen LogP contribution in [0.15, 0.2) is 42.7 Å². The molecule has 0 saturated heterocycles. The highest BCUT2D eigenvalue weighted by Crippen LogP contribution is 2.21.